The molecule has 1 heterocycles. The molecule has 0 bridgehead atoms. The largest absolute Gasteiger partial charge is 0.381 e. The van der Waals surface area contributed by atoms with Crippen LogP contribution in [-0.4, -0.2) is 18.0 Å². The minimum Gasteiger partial charge on any atom is -0.381 e. The first-order valence-electron chi connectivity index (χ1n) is 6.56. The van der Waals surface area contributed by atoms with Crippen LogP contribution in [0.5, 0.6) is 0 Å². The van der Waals surface area contributed by atoms with Gasteiger partial charge in [-0.3, -0.25) is 0 Å². The molecule has 0 aromatic heterocycles. The molecule has 2 atom stereocenters. The van der Waals surface area contributed by atoms with Crippen LogP contribution in [0, 0.1) is 11.8 Å². The smallest absolute Gasteiger partial charge is 0.0468 e. The summed E-state index contributed by atoms with van der Waals surface area (Å²) in [5.41, 5.74) is 0. The van der Waals surface area contributed by atoms with Gasteiger partial charge in [-0.05, 0) is 43.9 Å². The molecule has 2 rings (SSSR count). The molecule has 1 aliphatic heterocycles. The highest BCUT2D eigenvalue weighted by molar-refractivity contribution is 9.09. The van der Waals surface area contributed by atoms with E-state index in [0.29, 0.717) is 0 Å². The average molecular weight is 275 g/mol. The number of halogens is 1. The molecule has 1 saturated heterocycles. The van der Waals surface area contributed by atoms with Crippen molar-refractivity contribution in [1.29, 1.82) is 0 Å². The quantitative estimate of drug-likeness (QED) is 0.543. The van der Waals surface area contributed by atoms with Crippen LogP contribution in [0.1, 0.15) is 51.4 Å². The fourth-order valence-corrected chi connectivity index (χ4v) is 3.92. The van der Waals surface area contributed by atoms with Crippen molar-refractivity contribution in [2.45, 2.75) is 56.2 Å². The minimum absolute atomic E-state index is 0.796. The lowest BCUT2D eigenvalue weighted by Gasteiger charge is -2.26. The Bertz CT molecular complexity index is 177. The molecule has 0 amide bonds. The van der Waals surface area contributed by atoms with Gasteiger partial charge in [-0.1, -0.05) is 35.2 Å². The molecule has 2 aliphatic rings. The van der Waals surface area contributed by atoms with Gasteiger partial charge in [0.15, 0.2) is 0 Å². The molecule has 0 aromatic rings. The van der Waals surface area contributed by atoms with E-state index in [9.17, 15) is 0 Å². The van der Waals surface area contributed by atoms with Crippen molar-refractivity contribution in [3.05, 3.63) is 0 Å². The summed E-state index contributed by atoms with van der Waals surface area (Å²) in [5, 5.41) is 0. The Labute approximate surface area is 102 Å². The van der Waals surface area contributed by atoms with E-state index in [1.165, 1.54) is 51.4 Å². The van der Waals surface area contributed by atoms with Gasteiger partial charge in [0.25, 0.3) is 0 Å². The molecule has 15 heavy (non-hydrogen) atoms. The zero-order valence-corrected chi connectivity index (χ0v) is 11.2. The maximum Gasteiger partial charge on any atom is 0.0468 e. The summed E-state index contributed by atoms with van der Waals surface area (Å²) in [6.07, 6.45) is 11.2. The van der Waals surface area contributed by atoms with E-state index in [1.54, 1.807) is 0 Å². The van der Waals surface area contributed by atoms with Gasteiger partial charge in [0.05, 0.1) is 0 Å². The van der Waals surface area contributed by atoms with Crippen molar-refractivity contribution in [2.24, 2.45) is 11.8 Å². The summed E-state index contributed by atoms with van der Waals surface area (Å²) in [6.45, 7) is 2.02. The summed E-state index contributed by atoms with van der Waals surface area (Å²) in [6, 6.07) is 0. The van der Waals surface area contributed by atoms with Gasteiger partial charge >= 0.3 is 0 Å². The van der Waals surface area contributed by atoms with Crippen LogP contribution in [0.2, 0.25) is 0 Å². The standard InChI is InChI=1S/C13H23BrO/c14-13-4-2-1-3-12(10-13)9-11-5-7-15-8-6-11/h11-13H,1-10H2. The summed E-state index contributed by atoms with van der Waals surface area (Å²) in [5.74, 6) is 1.95. The lowest BCUT2D eigenvalue weighted by Crippen LogP contribution is -2.19. The number of hydrogen-bond donors (Lipinski definition) is 0. The second-order valence-corrected chi connectivity index (χ2v) is 6.57. The van der Waals surface area contributed by atoms with E-state index in [4.69, 9.17) is 4.74 Å². The van der Waals surface area contributed by atoms with E-state index in [-0.39, 0.29) is 0 Å². The maximum atomic E-state index is 5.43. The highest BCUT2D eigenvalue weighted by Crippen LogP contribution is 2.34. The summed E-state index contributed by atoms with van der Waals surface area (Å²) < 4.78 is 5.43. The Morgan fingerprint density at radius 3 is 2.47 bits per heavy atom. The van der Waals surface area contributed by atoms with Crippen molar-refractivity contribution in [3.8, 4) is 0 Å². The highest BCUT2D eigenvalue weighted by Gasteiger charge is 2.23. The second-order valence-electron chi connectivity index (χ2n) is 5.27. The van der Waals surface area contributed by atoms with Gasteiger partial charge in [-0.25, -0.2) is 0 Å². The van der Waals surface area contributed by atoms with Gasteiger partial charge in [0.2, 0.25) is 0 Å². The molecule has 88 valence electrons. The van der Waals surface area contributed by atoms with Crippen LogP contribution in [0.3, 0.4) is 0 Å². The summed E-state index contributed by atoms with van der Waals surface area (Å²) >= 11 is 3.82. The topological polar surface area (TPSA) is 9.23 Å². The zero-order valence-electron chi connectivity index (χ0n) is 9.59. The lowest BCUT2D eigenvalue weighted by molar-refractivity contribution is 0.0578. The Kier molecular flexibility index (Phi) is 4.96. The lowest BCUT2D eigenvalue weighted by atomic mass is 9.85. The van der Waals surface area contributed by atoms with Crippen LogP contribution in [0.4, 0.5) is 0 Å². The number of rotatable bonds is 2. The van der Waals surface area contributed by atoms with Crippen molar-refractivity contribution in [2.75, 3.05) is 13.2 Å². The van der Waals surface area contributed by atoms with Crippen molar-refractivity contribution < 1.29 is 4.74 Å². The SMILES string of the molecule is BrC1CCCCC(CC2CCOCC2)C1. The summed E-state index contributed by atoms with van der Waals surface area (Å²) in [7, 11) is 0. The summed E-state index contributed by atoms with van der Waals surface area (Å²) in [4.78, 5) is 0.796. The number of alkyl halides is 1. The normalized spacial score (nSPS) is 35.0. The highest BCUT2D eigenvalue weighted by atomic mass is 79.9. The molecule has 1 aliphatic carbocycles. The molecule has 2 heteroatoms. The molecule has 0 radical (unpaired) electrons. The number of ether oxygens (including phenoxy) is 1. The molecule has 0 spiro atoms. The molecule has 2 fully saturated rings. The van der Waals surface area contributed by atoms with Crippen molar-refractivity contribution in [3.63, 3.8) is 0 Å². The Morgan fingerprint density at radius 2 is 1.67 bits per heavy atom. The van der Waals surface area contributed by atoms with Gasteiger partial charge < -0.3 is 4.74 Å². The fraction of sp³-hybridized carbons (Fsp3) is 1.00. The van der Waals surface area contributed by atoms with Crippen LogP contribution in [0.15, 0.2) is 0 Å². The first-order valence-corrected chi connectivity index (χ1v) is 7.48. The van der Waals surface area contributed by atoms with E-state index >= 15 is 0 Å². The fourth-order valence-electron chi connectivity index (χ4n) is 3.06. The average Bonchev–Trinajstić information content (AvgIpc) is 2.44. The Balaban J connectivity index is 1.76. The molecule has 0 aromatic carbocycles. The van der Waals surface area contributed by atoms with Crippen LogP contribution >= 0.6 is 15.9 Å². The predicted octanol–water partition coefficient (Wildman–Crippen LogP) is 4.15. The van der Waals surface area contributed by atoms with Crippen LogP contribution in [-0.2, 0) is 4.74 Å². The van der Waals surface area contributed by atoms with Gasteiger partial charge in [-0.2, -0.15) is 0 Å². The zero-order chi connectivity index (χ0) is 10.5. The van der Waals surface area contributed by atoms with Gasteiger partial charge in [-0.15, -0.1) is 0 Å². The molecular weight excluding hydrogens is 252 g/mol. The molecule has 0 N–H and O–H groups in total. The molecule has 1 nitrogen and oxygen atoms in total. The van der Waals surface area contributed by atoms with Crippen molar-refractivity contribution >= 4 is 15.9 Å². The third kappa shape index (κ3) is 4.07. The molecule has 2 unspecified atom stereocenters. The van der Waals surface area contributed by atoms with Crippen molar-refractivity contribution in [1.82, 2.24) is 0 Å². The Hall–Kier alpha value is 0.440. The van der Waals surface area contributed by atoms with E-state index in [2.05, 4.69) is 15.9 Å². The maximum absolute atomic E-state index is 5.43. The minimum atomic E-state index is 0.796. The third-order valence-corrected chi connectivity index (χ3v) is 4.81. The van der Waals surface area contributed by atoms with Crippen LogP contribution in [0.25, 0.3) is 0 Å². The second kappa shape index (κ2) is 6.24. The van der Waals surface area contributed by atoms with E-state index < -0.39 is 0 Å². The molecule has 1 saturated carbocycles. The first kappa shape index (κ1) is 11.9. The first-order chi connectivity index (χ1) is 7.34. The predicted molar refractivity (Wildman–Crippen MR) is 67.5 cm³/mol. The number of hydrogen-bond acceptors (Lipinski definition) is 1. The van der Waals surface area contributed by atoms with E-state index in [0.717, 1.165) is 29.9 Å². The van der Waals surface area contributed by atoms with Crippen LogP contribution < -0.4 is 0 Å². The van der Waals surface area contributed by atoms with E-state index in [1.807, 2.05) is 0 Å². The van der Waals surface area contributed by atoms with Gasteiger partial charge in [0, 0.05) is 18.0 Å². The molecular formula is C13H23BrO. The monoisotopic (exact) mass is 274 g/mol. The third-order valence-electron chi connectivity index (χ3n) is 3.98. The Morgan fingerprint density at radius 1 is 0.933 bits per heavy atom. The van der Waals surface area contributed by atoms with Gasteiger partial charge in [0.1, 0.15) is 0 Å².